The molecule has 2 aliphatic heterocycles. The quantitative estimate of drug-likeness (QED) is 0.520. The molecule has 7 nitrogen and oxygen atoms in total. The Hall–Kier alpha value is -2.48. The molecule has 0 aliphatic carbocycles. The number of nitrogens with two attached hydrogens (primary N) is 1. The lowest BCUT2D eigenvalue weighted by molar-refractivity contribution is -0.137. The summed E-state index contributed by atoms with van der Waals surface area (Å²) in [5.41, 5.74) is 9.99. The van der Waals surface area contributed by atoms with Crippen molar-refractivity contribution in [2.24, 2.45) is 11.7 Å². The maximum Gasteiger partial charge on any atom is 0.328 e. The summed E-state index contributed by atoms with van der Waals surface area (Å²) in [4.78, 5) is 15.0. The number of esters is 1. The molecule has 0 fully saturated rings. The molecule has 2 aromatic carbocycles. The highest BCUT2D eigenvalue weighted by molar-refractivity contribution is 6.31. The van der Waals surface area contributed by atoms with Crippen LogP contribution in [0.2, 0.25) is 5.02 Å². The Labute approximate surface area is 193 Å². The highest BCUT2D eigenvalue weighted by Gasteiger charge is 2.37. The van der Waals surface area contributed by atoms with Gasteiger partial charge in [0.2, 0.25) is 0 Å². The molecule has 0 saturated heterocycles. The summed E-state index contributed by atoms with van der Waals surface area (Å²) in [6, 6.07) is 4.70. The summed E-state index contributed by atoms with van der Waals surface area (Å²) in [5, 5.41) is 10.9. The zero-order chi connectivity index (χ0) is 23.2. The minimum Gasteiger partial charge on any atom is -0.504 e. The Bertz CT molecular complexity index is 1060. The van der Waals surface area contributed by atoms with Crippen molar-refractivity contribution in [1.29, 1.82) is 0 Å². The summed E-state index contributed by atoms with van der Waals surface area (Å²) in [6.07, 6.45) is 1.45. The summed E-state index contributed by atoms with van der Waals surface area (Å²) in [7, 11) is 3.07. The topological polar surface area (TPSA) is 94.2 Å². The first-order valence-corrected chi connectivity index (χ1v) is 11.1. The van der Waals surface area contributed by atoms with Crippen LogP contribution in [0.25, 0.3) is 0 Å². The van der Waals surface area contributed by atoms with Gasteiger partial charge < -0.3 is 25.1 Å². The number of methoxy groups -OCH3 is 2. The van der Waals surface area contributed by atoms with Gasteiger partial charge in [0.05, 0.1) is 14.2 Å². The molecule has 2 atom stereocenters. The number of hydrogen-bond acceptors (Lipinski definition) is 7. The van der Waals surface area contributed by atoms with Crippen molar-refractivity contribution in [2.75, 3.05) is 20.8 Å². The van der Waals surface area contributed by atoms with E-state index in [9.17, 15) is 9.90 Å². The number of carbonyl (C=O) groups is 1. The number of halogens is 1. The molecule has 4 rings (SSSR count). The van der Waals surface area contributed by atoms with Crippen LogP contribution < -0.4 is 19.9 Å². The number of aromatic hydroxyl groups is 1. The van der Waals surface area contributed by atoms with Gasteiger partial charge in [-0.05, 0) is 47.6 Å². The van der Waals surface area contributed by atoms with E-state index in [1.54, 1.807) is 19.2 Å². The largest absolute Gasteiger partial charge is 0.504 e. The van der Waals surface area contributed by atoms with Gasteiger partial charge in [-0.15, -0.1) is 0 Å². The van der Waals surface area contributed by atoms with E-state index in [0.29, 0.717) is 35.2 Å². The third-order valence-electron chi connectivity index (χ3n) is 6.49. The summed E-state index contributed by atoms with van der Waals surface area (Å²) in [6.45, 7) is 5.11. The predicted molar refractivity (Wildman–Crippen MR) is 122 cm³/mol. The first-order valence-electron chi connectivity index (χ1n) is 10.7. The molecule has 0 radical (unpaired) electrons. The summed E-state index contributed by atoms with van der Waals surface area (Å²) >= 11 is 6.65. The van der Waals surface area contributed by atoms with Gasteiger partial charge in [0.15, 0.2) is 23.0 Å². The molecule has 0 amide bonds. The van der Waals surface area contributed by atoms with E-state index in [2.05, 4.69) is 4.90 Å². The summed E-state index contributed by atoms with van der Waals surface area (Å²) in [5.74, 6) is 0.852. The fraction of sp³-hybridized carbons (Fsp3) is 0.458. The van der Waals surface area contributed by atoms with Gasteiger partial charge in [-0.2, -0.15) is 0 Å². The molecule has 2 aliphatic rings. The van der Waals surface area contributed by atoms with Crippen molar-refractivity contribution >= 4 is 17.6 Å². The number of hydrogen-bond donors (Lipinski definition) is 2. The first-order chi connectivity index (χ1) is 15.2. The maximum atomic E-state index is 12.6. The van der Waals surface area contributed by atoms with E-state index in [0.717, 1.165) is 35.2 Å². The van der Waals surface area contributed by atoms with Gasteiger partial charge in [0.1, 0.15) is 6.04 Å². The predicted octanol–water partition coefficient (Wildman–Crippen LogP) is 3.61. The van der Waals surface area contributed by atoms with Crippen LogP contribution in [0.3, 0.4) is 0 Å². The minimum atomic E-state index is -0.734. The number of phenolic OH excluding ortho intramolecular Hbond substituents is 1. The molecule has 2 unspecified atom stereocenters. The molecule has 8 heteroatoms. The number of nitrogens with zero attached hydrogens (tertiary/aromatic N) is 1. The zero-order valence-electron chi connectivity index (χ0n) is 18.8. The number of ether oxygens (including phenoxy) is 3. The van der Waals surface area contributed by atoms with Gasteiger partial charge in [0, 0.05) is 35.8 Å². The van der Waals surface area contributed by atoms with Gasteiger partial charge >= 0.3 is 5.97 Å². The fourth-order valence-corrected chi connectivity index (χ4v) is 4.84. The third kappa shape index (κ3) is 3.89. The SMILES string of the molecule is COc1cc2c(cc1O)C1Cc3c(Cl)cc(OC)c(OC(=O)C(N)C(C)C)c3CN1CC2. The molecule has 0 aromatic heterocycles. The van der Waals surface area contributed by atoms with Crippen molar-refractivity contribution < 1.29 is 24.1 Å². The minimum absolute atomic E-state index is 0.0513. The van der Waals surface area contributed by atoms with Crippen molar-refractivity contribution in [3.63, 3.8) is 0 Å². The van der Waals surface area contributed by atoms with Gasteiger partial charge in [0.25, 0.3) is 0 Å². The van der Waals surface area contributed by atoms with E-state index in [-0.39, 0.29) is 17.7 Å². The van der Waals surface area contributed by atoms with Gasteiger partial charge in [-0.1, -0.05) is 25.4 Å². The number of benzene rings is 2. The number of fused-ring (bicyclic) bond motifs is 4. The Balaban J connectivity index is 1.75. The van der Waals surface area contributed by atoms with Crippen LogP contribution in [0.1, 0.15) is 42.1 Å². The fourth-order valence-electron chi connectivity index (χ4n) is 4.55. The Kier molecular flexibility index (Phi) is 6.25. The van der Waals surface area contributed by atoms with Crippen LogP contribution in [0.15, 0.2) is 18.2 Å². The second-order valence-corrected chi connectivity index (χ2v) is 9.11. The van der Waals surface area contributed by atoms with Crippen molar-refractivity contribution in [3.8, 4) is 23.0 Å². The number of carbonyl (C=O) groups excluding carboxylic acids is 1. The number of phenols is 1. The third-order valence-corrected chi connectivity index (χ3v) is 6.83. The van der Waals surface area contributed by atoms with E-state index >= 15 is 0 Å². The molecular weight excluding hydrogens is 432 g/mol. The van der Waals surface area contributed by atoms with Crippen LogP contribution in [0.4, 0.5) is 0 Å². The van der Waals surface area contributed by atoms with E-state index in [1.807, 2.05) is 19.9 Å². The second-order valence-electron chi connectivity index (χ2n) is 8.70. The lowest BCUT2D eigenvalue weighted by Gasteiger charge is -2.42. The van der Waals surface area contributed by atoms with E-state index in [1.165, 1.54) is 7.11 Å². The molecule has 172 valence electrons. The van der Waals surface area contributed by atoms with Gasteiger partial charge in [-0.3, -0.25) is 4.90 Å². The van der Waals surface area contributed by atoms with Crippen molar-refractivity contribution in [2.45, 2.75) is 45.3 Å². The van der Waals surface area contributed by atoms with Gasteiger partial charge in [-0.25, -0.2) is 4.79 Å². The Morgan fingerprint density at radius 3 is 2.56 bits per heavy atom. The maximum absolute atomic E-state index is 12.6. The van der Waals surface area contributed by atoms with E-state index in [4.69, 9.17) is 31.5 Å². The smallest absolute Gasteiger partial charge is 0.328 e. The molecule has 3 N–H and O–H groups in total. The highest BCUT2D eigenvalue weighted by Crippen LogP contribution is 2.48. The molecule has 2 heterocycles. The van der Waals surface area contributed by atoms with E-state index < -0.39 is 12.0 Å². The Morgan fingerprint density at radius 2 is 1.91 bits per heavy atom. The standard InChI is InChI=1S/C24H29ClN2O5/c1-12(2)22(26)24(29)32-23-16-11-27-6-5-13-7-20(30-3)19(28)9-14(13)18(27)8-15(16)17(25)10-21(23)31-4/h7,9-10,12,18,22,28H,5-6,8,11,26H2,1-4H3. The average Bonchev–Trinajstić information content (AvgIpc) is 2.78. The lowest BCUT2D eigenvalue weighted by atomic mass is 9.83. The lowest BCUT2D eigenvalue weighted by Crippen LogP contribution is -2.41. The monoisotopic (exact) mass is 460 g/mol. The van der Waals surface area contributed by atoms with Crippen LogP contribution in [0, 0.1) is 5.92 Å². The second kappa shape index (κ2) is 8.81. The molecule has 32 heavy (non-hydrogen) atoms. The average molecular weight is 461 g/mol. The molecule has 0 bridgehead atoms. The highest BCUT2D eigenvalue weighted by atomic mass is 35.5. The van der Waals surface area contributed by atoms with Crippen molar-refractivity contribution in [1.82, 2.24) is 4.90 Å². The molecular formula is C24H29ClN2O5. The summed E-state index contributed by atoms with van der Waals surface area (Å²) < 4.78 is 16.6. The molecule has 0 saturated carbocycles. The van der Waals surface area contributed by atoms with Crippen LogP contribution in [0.5, 0.6) is 23.0 Å². The van der Waals surface area contributed by atoms with Crippen LogP contribution >= 0.6 is 11.6 Å². The normalized spacial score (nSPS) is 18.4. The first kappa shape index (κ1) is 22.7. The Morgan fingerprint density at radius 1 is 1.19 bits per heavy atom. The van der Waals surface area contributed by atoms with Crippen LogP contribution in [-0.2, 0) is 24.2 Å². The molecule has 2 aromatic rings. The molecule has 0 spiro atoms. The number of rotatable bonds is 5. The van der Waals surface area contributed by atoms with Crippen molar-refractivity contribution in [3.05, 3.63) is 45.5 Å². The zero-order valence-corrected chi connectivity index (χ0v) is 19.5. The van der Waals surface area contributed by atoms with Crippen LogP contribution in [-0.4, -0.2) is 42.8 Å².